The van der Waals surface area contributed by atoms with Gasteiger partial charge in [0.2, 0.25) is 0 Å². The lowest BCUT2D eigenvalue weighted by Crippen LogP contribution is -2.36. The summed E-state index contributed by atoms with van der Waals surface area (Å²) in [6, 6.07) is 15.9. The third-order valence-electron chi connectivity index (χ3n) is 3.61. The van der Waals surface area contributed by atoms with Crippen LogP contribution in [0.15, 0.2) is 53.5 Å². The van der Waals surface area contributed by atoms with E-state index >= 15 is 0 Å². The highest BCUT2D eigenvalue weighted by Gasteiger charge is 2.02. The lowest BCUT2D eigenvalue weighted by atomic mass is 10.1. The molecule has 2 aromatic rings. The van der Waals surface area contributed by atoms with E-state index in [1.54, 1.807) is 7.05 Å². The van der Waals surface area contributed by atoms with Crippen LogP contribution >= 0.6 is 0 Å². The number of amides is 1. The van der Waals surface area contributed by atoms with Gasteiger partial charge < -0.3 is 15.4 Å². The van der Waals surface area contributed by atoms with Crippen LogP contribution in [0.1, 0.15) is 16.7 Å². The minimum absolute atomic E-state index is 0.480. The smallest absolute Gasteiger partial charge is 0.411 e. The molecule has 0 heterocycles. The van der Waals surface area contributed by atoms with Crippen molar-refractivity contribution in [1.82, 2.24) is 10.6 Å². The number of ether oxygens (including phenoxy) is 1. The summed E-state index contributed by atoms with van der Waals surface area (Å²) in [6.45, 7) is 3.42. The summed E-state index contributed by atoms with van der Waals surface area (Å²) in [5.74, 6) is 0.735. The normalized spacial score (nSPS) is 10.9. The molecule has 6 nitrogen and oxygen atoms in total. The molecule has 0 aromatic heterocycles. The van der Waals surface area contributed by atoms with Crippen LogP contribution < -0.4 is 16.0 Å². The number of methoxy groups -OCH3 is 1. The van der Waals surface area contributed by atoms with Crippen LogP contribution in [0.5, 0.6) is 0 Å². The minimum atomic E-state index is -0.480. The molecule has 2 aromatic carbocycles. The van der Waals surface area contributed by atoms with Crippen molar-refractivity contribution < 1.29 is 9.53 Å². The summed E-state index contributed by atoms with van der Waals surface area (Å²) in [5.41, 5.74) is 4.22. The Morgan fingerprint density at radius 3 is 2.32 bits per heavy atom. The number of carbonyl (C=O) groups is 1. The van der Waals surface area contributed by atoms with E-state index in [2.05, 4.69) is 50.8 Å². The van der Waals surface area contributed by atoms with Gasteiger partial charge in [0.1, 0.15) is 0 Å². The molecule has 0 aliphatic carbocycles. The fourth-order valence-electron chi connectivity index (χ4n) is 2.29. The molecule has 1 amide bonds. The molecule has 0 aliphatic rings. The minimum Gasteiger partial charge on any atom is -0.453 e. The third-order valence-corrected chi connectivity index (χ3v) is 3.61. The highest BCUT2D eigenvalue weighted by molar-refractivity contribution is 5.84. The van der Waals surface area contributed by atoms with E-state index in [9.17, 15) is 4.79 Å². The van der Waals surface area contributed by atoms with E-state index in [1.807, 2.05) is 30.3 Å². The average molecular weight is 340 g/mol. The Hall–Kier alpha value is -3.02. The number of aryl methyl sites for hydroxylation is 1. The number of anilines is 1. The number of aliphatic imine (C=N–C) groups is 1. The van der Waals surface area contributed by atoms with Crippen molar-refractivity contribution in [2.24, 2.45) is 4.99 Å². The first-order valence-electron chi connectivity index (χ1n) is 8.04. The number of hydrogen-bond acceptors (Lipinski definition) is 3. The molecule has 0 spiro atoms. The average Bonchev–Trinajstić information content (AvgIpc) is 2.63. The summed E-state index contributed by atoms with van der Waals surface area (Å²) in [6.07, 6.45) is -0.480. The SMILES string of the molecule is CN=C(NCc1ccc(NC(=O)OC)cc1)NCc1cccc(C)c1. The van der Waals surface area contributed by atoms with Gasteiger partial charge in [0, 0.05) is 25.8 Å². The lowest BCUT2D eigenvalue weighted by molar-refractivity contribution is 0.187. The topological polar surface area (TPSA) is 74.8 Å². The van der Waals surface area contributed by atoms with Gasteiger partial charge >= 0.3 is 6.09 Å². The second-order valence-corrected chi connectivity index (χ2v) is 5.58. The maximum absolute atomic E-state index is 11.2. The quantitative estimate of drug-likeness (QED) is 0.578. The van der Waals surface area contributed by atoms with Gasteiger partial charge in [-0.2, -0.15) is 0 Å². The molecule has 0 saturated heterocycles. The molecular weight excluding hydrogens is 316 g/mol. The molecule has 6 heteroatoms. The van der Waals surface area contributed by atoms with Crippen LogP contribution in [0.3, 0.4) is 0 Å². The van der Waals surface area contributed by atoms with E-state index in [4.69, 9.17) is 0 Å². The molecule has 0 atom stereocenters. The summed E-state index contributed by atoms with van der Waals surface area (Å²) >= 11 is 0. The van der Waals surface area contributed by atoms with Gasteiger partial charge in [-0.15, -0.1) is 0 Å². The van der Waals surface area contributed by atoms with Gasteiger partial charge in [-0.25, -0.2) is 4.79 Å². The summed E-state index contributed by atoms with van der Waals surface area (Å²) in [5, 5.41) is 9.18. The van der Waals surface area contributed by atoms with E-state index in [1.165, 1.54) is 18.2 Å². The molecule has 3 N–H and O–H groups in total. The molecular formula is C19H24N4O2. The van der Waals surface area contributed by atoms with E-state index in [0.717, 1.165) is 11.5 Å². The van der Waals surface area contributed by atoms with Crippen LogP contribution in [-0.4, -0.2) is 26.2 Å². The van der Waals surface area contributed by atoms with Gasteiger partial charge in [0.05, 0.1) is 7.11 Å². The molecule has 2 rings (SSSR count). The van der Waals surface area contributed by atoms with Crippen molar-refractivity contribution in [2.45, 2.75) is 20.0 Å². The first kappa shape index (κ1) is 18.3. The molecule has 25 heavy (non-hydrogen) atoms. The van der Waals surface area contributed by atoms with E-state index in [-0.39, 0.29) is 0 Å². The van der Waals surface area contributed by atoms with Crippen molar-refractivity contribution >= 4 is 17.7 Å². The summed E-state index contributed by atoms with van der Waals surface area (Å²) in [4.78, 5) is 15.4. The second kappa shape index (κ2) is 9.32. The number of nitrogens with one attached hydrogen (secondary N) is 3. The Morgan fingerprint density at radius 1 is 1.04 bits per heavy atom. The van der Waals surface area contributed by atoms with Gasteiger partial charge in [-0.1, -0.05) is 42.0 Å². The predicted octanol–water partition coefficient (Wildman–Crippen LogP) is 3.04. The number of benzene rings is 2. The molecule has 132 valence electrons. The van der Waals surface area contributed by atoms with Crippen LogP contribution in [-0.2, 0) is 17.8 Å². The number of hydrogen-bond donors (Lipinski definition) is 3. The van der Waals surface area contributed by atoms with Crippen molar-refractivity contribution in [1.29, 1.82) is 0 Å². The Kier molecular flexibility index (Phi) is 6.83. The zero-order valence-electron chi connectivity index (χ0n) is 14.8. The van der Waals surface area contributed by atoms with E-state index in [0.29, 0.717) is 18.8 Å². The number of carbonyl (C=O) groups excluding carboxylic acids is 1. The highest BCUT2D eigenvalue weighted by Crippen LogP contribution is 2.09. The first-order valence-corrected chi connectivity index (χ1v) is 8.04. The largest absolute Gasteiger partial charge is 0.453 e. The van der Waals surface area contributed by atoms with Crippen LogP contribution in [0.4, 0.5) is 10.5 Å². The van der Waals surface area contributed by atoms with Gasteiger partial charge in [-0.3, -0.25) is 10.3 Å². The molecule has 0 aliphatic heterocycles. The predicted molar refractivity (Wildman–Crippen MR) is 101 cm³/mol. The Labute approximate surface area is 148 Å². The van der Waals surface area contributed by atoms with Crippen LogP contribution in [0.2, 0.25) is 0 Å². The van der Waals surface area contributed by atoms with Gasteiger partial charge in [-0.05, 0) is 30.2 Å². The number of nitrogens with zero attached hydrogens (tertiary/aromatic N) is 1. The van der Waals surface area contributed by atoms with Crippen molar-refractivity contribution in [3.63, 3.8) is 0 Å². The zero-order chi connectivity index (χ0) is 18.1. The lowest BCUT2D eigenvalue weighted by Gasteiger charge is -2.12. The van der Waals surface area contributed by atoms with Crippen molar-refractivity contribution in [3.05, 3.63) is 65.2 Å². The summed E-state index contributed by atoms with van der Waals surface area (Å²) < 4.78 is 4.56. The Morgan fingerprint density at radius 2 is 1.72 bits per heavy atom. The van der Waals surface area contributed by atoms with Crippen LogP contribution in [0.25, 0.3) is 0 Å². The zero-order valence-corrected chi connectivity index (χ0v) is 14.8. The van der Waals surface area contributed by atoms with Gasteiger partial charge in [0.25, 0.3) is 0 Å². The molecule has 0 saturated carbocycles. The first-order chi connectivity index (χ1) is 12.1. The van der Waals surface area contributed by atoms with Gasteiger partial charge in [0.15, 0.2) is 5.96 Å². The Bertz CT molecular complexity index is 726. The number of rotatable bonds is 5. The maximum Gasteiger partial charge on any atom is 0.411 e. The fourth-order valence-corrected chi connectivity index (χ4v) is 2.29. The fraction of sp³-hybridized carbons (Fsp3) is 0.263. The standard InChI is InChI=1S/C19H24N4O2/c1-14-5-4-6-16(11-14)13-22-18(20-2)21-12-15-7-9-17(10-8-15)23-19(24)25-3/h4-11H,12-13H2,1-3H3,(H,23,24)(H2,20,21,22). The third kappa shape index (κ3) is 6.18. The highest BCUT2D eigenvalue weighted by atomic mass is 16.5. The second-order valence-electron chi connectivity index (χ2n) is 5.58. The van der Waals surface area contributed by atoms with E-state index < -0.39 is 6.09 Å². The van der Waals surface area contributed by atoms with Crippen LogP contribution in [0, 0.1) is 6.92 Å². The maximum atomic E-state index is 11.2. The molecule has 0 fully saturated rings. The Balaban J connectivity index is 1.83. The van der Waals surface area contributed by atoms with Crippen molar-refractivity contribution in [3.8, 4) is 0 Å². The molecule has 0 unspecified atom stereocenters. The van der Waals surface area contributed by atoms with Crippen molar-refractivity contribution in [2.75, 3.05) is 19.5 Å². The monoisotopic (exact) mass is 340 g/mol. The molecule has 0 bridgehead atoms. The summed E-state index contributed by atoms with van der Waals surface area (Å²) in [7, 11) is 3.08. The number of guanidine groups is 1. The molecule has 0 radical (unpaired) electrons.